The van der Waals surface area contributed by atoms with E-state index in [-0.39, 0.29) is 6.04 Å². The van der Waals surface area contributed by atoms with E-state index in [0.29, 0.717) is 17.7 Å². The molecule has 3 nitrogen and oxygen atoms in total. The number of nitrogens with two attached hydrogens (primary N) is 1. The maximum atomic E-state index is 12.5. The Bertz CT molecular complexity index is 502. The molecular weight excluding hydrogens is 222 g/mol. The van der Waals surface area contributed by atoms with Gasteiger partial charge in [-0.25, -0.2) is 8.42 Å². The van der Waals surface area contributed by atoms with Crippen LogP contribution in [0.2, 0.25) is 0 Å². The third kappa shape index (κ3) is 1.48. The van der Waals surface area contributed by atoms with E-state index in [9.17, 15) is 8.42 Å². The zero-order valence-electron chi connectivity index (χ0n) is 9.60. The van der Waals surface area contributed by atoms with Crippen LogP contribution in [0.25, 0.3) is 0 Å². The fourth-order valence-electron chi connectivity index (χ4n) is 2.17. The van der Waals surface area contributed by atoms with Gasteiger partial charge in [0, 0.05) is 6.04 Å². The first kappa shape index (κ1) is 11.6. The minimum atomic E-state index is -3.28. The minimum absolute atomic E-state index is 0.308. The van der Waals surface area contributed by atoms with E-state index in [0.717, 1.165) is 5.56 Å². The van der Waals surface area contributed by atoms with Crippen LogP contribution in [-0.2, 0) is 9.84 Å². The second-order valence-electron chi connectivity index (χ2n) is 4.62. The van der Waals surface area contributed by atoms with Gasteiger partial charge >= 0.3 is 0 Å². The van der Waals surface area contributed by atoms with Crippen molar-refractivity contribution in [2.24, 2.45) is 5.73 Å². The molecule has 1 aliphatic carbocycles. The number of rotatable bonds is 3. The Morgan fingerprint density at radius 3 is 2.31 bits per heavy atom. The Labute approximate surface area is 96.6 Å². The molecule has 88 valence electrons. The first-order chi connectivity index (χ1) is 7.42. The van der Waals surface area contributed by atoms with Gasteiger partial charge in [0.25, 0.3) is 0 Å². The van der Waals surface area contributed by atoms with Gasteiger partial charge in [0.2, 0.25) is 0 Å². The van der Waals surface area contributed by atoms with Crippen LogP contribution in [0.3, 0.4) is 0 Å². The number of hydrogen-bond acceptors (Lipinski definition) is 3. The molecule has 0 aromatic heterocycles. The van der Waals surface area contributed by atoms with E-state index in [1.54, 1.807) is 19.1 Å². The molecule has 0 spiro atoms. The van der Waals surface area contributed by atoms with Gasteiger partial charge in [-0.1, -0.05) is 18.2 Å². The topological polar surface area (TPSA) is 60.2 Å². The van der Waals surface area contributed by atoms with Gasteiger partial charge in [-0.05, 0) is 38.3 Å². The predicted molar refractivity (Wildman–Crippen MR) is 64.0 cm³/mol. The van der Waals surface area contributed by atoms with Gasteiger partial charge < -0.3 is 5.73 Å². The molecule has 0 bridgehead atoms. The maximum absolute atomic E-state index is 12.5. The summed E-state index contributed by atoms with van der Waals surface area (Å²) < 4.78 is 24.3. The van der Waals surface area contributed by atoms with Crippen molar-refractivity contribution in [1.82, 2.24) is 0 Å². The van der Waals surface area contributed by atoms with Crippen molar-refractivity contribution in [2.45, 2.75) is 42.4 Å². The van der Waals surface area contributed by atoms with Crippen LogP contribution < -0.4 is 5.73 Å². The fraction of sp³-hybridized carbons (Fsp3) is 0.500. The molecule has 1 fully saturated rings. The zero-order valence-corrected chi connectivity index (χ0v) is 10.4. The van der Waals surface area contributed by atoms with E-state index in [4.69, 9.17) is 5.73 Å². The first-order valence-corrected chi connectivity index (χ1v) is 6.96. The highest BCUT2D eigenvalue weighted by Crippen LogP contribution is 2.49. The zero-order chi connectivity index (χ0) is 12.0. The number of sulfone groups is 1. The van der Waals surface area contributed by atoms with Gasteiger partial charge in [0.1, 0.15) is 0 Å². The van der Waals surface area contributed by atoms with Crippen LogP contribution in [0.4, 0.5) is 0 Å². The normalized spacial score (nSPS) is 20.4. The Morgan fingerprint density at radius 2 is 1.88 bits per heavy atom. The van der Waals surface area contributed by atoms with Gasteiger partial charge in [-0.3, -0.25) is 0 Å². The average Bonchev–Trinajstić information content (AvgIpc) is 2.98. The minimum Gasteiger partial charge on any atom is -0.327 e. The number of aryl methyl sites for hydroxylation is 1. The molecule has 1 unspecified atom stereocenters. The molecule has 0 radical (unpaired) electrons. The number of benzene rings is 1. The SMILES string of the molecule is Cc1ccccc1S(=O)(=O)C1(C(C)N)CC1. The molecule has 0 amide bonds. The number of hydrogen-bond donors (Lipinski definition) is 1. The van der Waals surface area contributed by atoms with Crippen LogP contribution in [0.15, 0.2) is 29.2 Å². The van der Waals surface area contributed by atoms with Crippen molar-refractivity contribution in [1.29, 1.82) is 0 Å². The van der Waals surface area contributed by atoms with Gasteiger partial charge in [0.15, 0.2) is 9.84 Å². The highest BCUT2D eigenvalue weighted by atomic mass is 32.2. The second-order valence-corrected chi connectivity index (χ2v) is 6.88. The highest BCUT2D eigenvalue weighted by molar-refractivity contribution is 7.93. The molecule has 1 atom stereocenters. The molecule has 0 saturated heterocycles. The molecule has 1 saturated carbocycles. The summed E-state index contributed by atoms with van der Waals surface area (Å²) in [6.07, 6.45) is 1.36. The Balaban J connectivity index is 2.53. The van der Waals surface area contributed by atoms with Crippen molar-refractivity contribution < 1.29 is 8.42 Å². The van der Waals surface area contributed by atoms with Crippen LogP contribution >= 0.6 is 0 Å². The summed E-state index contributed by atoms with van der Waals surface area (Å²) in [5.41, 5.74) is 6.63. The van der Waals surface area contributed by atoms with Gasteiger partial charge in [-0.15, -0.1) is 0 Å². The van der Waals surface area contributed by atoms with Crippen molar-refractivity contribution in [3.8, 4) is 0 Å². The second kappa shape index (κ2) is 3.57. The molecular formula is C12H17NO2S. The third-order valence-electron chi connectivity index (χ3n) is 3.49. The fourth-order valence-corrected chi connectivity index (χ4v) is 4.49. The average molecular weight is 239 g/mol. The van der Waals surface area contributed by atoms with E-state index >= 15 is 0 Å². The molecule has 0 aliphatic heterocycles. The van der Waals surface area contributed by atoms with Crippen LogP contribution in [0.5, 0.6) is 0 Å². The summed E-state index contributed by atoms with van der Waals surface area (Å²) in [4.78, 5) is 0.435. The maximum Gasteiger partial charge on any atom is 0.185 e. The van der Waals surface area contributed by atoms with Crippen molar-refractivity contribution in [3.63, 3.8) is 0 Å². The lowest BCUT2D eigenvalue weighted by atomic mass is 10.2. The summed E-state index contributed by atoms with van der Waals surface area (Å²) in [5.74, 6) is 0. The summed E-state index contributed by atoms with van der Waals surface area (Å²) in [7, 11) is -3.28. The lowest BCUT2D eigenvalue weighted by Gasteiger charge is -2.21. The third-order valence-corrected chi connectivity index (χ3v) is 6.38. The smallest absolute Gasteiger partial charge is 0.185 e. The highest BCUT2D eigenvalue weighted by Gasteiger charge is 2.57. The lowest BCUT2D eigenvalue weighted by Crippen LogP contribution is -2.40. The molecule has 2 rings (SSSR count). The standard InChI is InChI=1S/C12H17NO2S/c1-9-5-3-4-6-11(9)16(14,15)12(7-8-12)10(2)13/h3-6,10H,7-8,13H2,1-2H3. The van der Waals surface area contributed by atoms with E-state index in [1.807, 2.05) is 19.1 Å². The van der Waals surface area contributed by atoms with Crippen molar-refractivity contribution in [3.05, 3.63) is 29.8 Å². The Morgan fingerprint density at radius 1 is 1.31 bits per heavy atom. The summed E-state index contributed by atoms with van der Waals surface area (Å²) in [6, 6.07) is 6.80. The Hall–Kier alpha value is -0.870. The largest absolute Gasteiger partial charge is 0.327 e. The monoisotopic (exact) mass is 239 g/mol. The summed E-state index contributed by atoms with van der Waals surface area (Å²) in [6.45, 7) is 3.60. The molecule has 0 heterocycles. The van der Waals surface area contributed by atoms with Crippen LogP contribution in [0, 0.1) is 6.92 Å². The molecule has 16 heavy (non-hydrogen) atoms. The van der Waals surface area contributed by atoms with Crippen molar-refractivity contribution >= 4 is 9.84 Å². The predicted octanol–water partition coefficient (Wildman–Crippen LogP) is 1.65. The summed E-state index contributed by atoms with van der Waals surface area (Å²) in [5, 5.41) is 0. The molecule has 1 aromatic rings. The molecule has 1 aliphatic rings. The quantitative estimate of drug-likeness (QED) is 0.872. The van der Waals surface area contributed by atoms with E-state index in [1.165, 1.54) is 0 Å². The lowest BCUT2D eigenvalue weighted by molar-refractivity contribution is 0.553. The Kier molecular flexibility index (Phi) is 2.59. The molecule has 2 N–H and O–H groups in total. The first-order valence-electron chi connectivity index (χ1n) is 5.48. The molecule has 1 aromatic carbocycles. The van der Waals surface area contributed by atoms with Gasteiger partial charge in [0.05, 0.1) is 9.64 Å². The van der Waals surface area contributed by atoms with Crippen LogP contribution in [0.1, 0.15) is 25.3 Å². The molecule has 4 heteroatoms. The van der Waals surface area contributed by atoms with Gasteiger partial charge in [-0.2, -0.15) is 0 Å². The summed E-state index contributed by atoms with van der Waals surface area (Å²) >= 11 is 0. The van der Waals surface area contributed by atoms with E-state index in [2.05, 4.69) is 0 Å². The van der Waals surface area contributed by atoms with E-state index < -0.39 is 14.6 Å². The van der Waals surface area contributed by atoms with Crippen molar-refractivity contribution in [2.75, 3.05) is 0 Å². The van der Waals surface area contributed by atoms with Crippen LogP contribution in [-0.4, -0.2) is 19.2 Å².